The van der Waals surface area contributed by atoms with E-state index in [1.54, 1.807) is 11.1 Å². The summed E-state index contributed by atoms with van der Waals surface area (Å²) < 4.78 is 0. The number of hydrogen-bond acceptors (Lipinski definition) is 5. The Kier molecular flexibility index (Phi) is 1.57. The first-order valence-electron chi connectivity index (χ1n) is 2.77. The number of rotatable bonds is 1. The van der Waals surface area contributed by atoms with E-state index in [9.17, 15) is 0 Å². The van der Waals surface area contributed by atoms with E-state index in [-0.39, 0.29) is 5.96 Å². The summed E-state index contributed by atoms with van der Waals surface area (Å²) in [5.74, 6) is 0.554. The first-order valence-corrected chi connectivity index (χ1v) is 2.77. The van der Waals surface area contributed by atoms with E-state index in [0.29, 0.717) is 12.6 Å². The summed E-state index contributed by atoms with van der Waals surface area (Å²) in [6.45, 7) is 3.92. The van der Waals surface area contributed by atoms with Gasteiger partial charge in [-0.1, -0.05) is 6.58 Å². The number of nitrogens with two attached hydrogens (primary N) is 2. The molecule has 0 aromatic rings. The summed E-state index contributed by atoms with van der Waals surface area (Å²) in [6.07, 6.45) is 1.55. The molecule has 0 fully saturated rings. The van der Waals surface area contributed by atoms with Crippen LogP contribution in [-0.2, 0) is 0 Å². The van der Waals surface area contributed by atoms with Crippen molar-refractivity contribution in [2.45, 2.75) is 0 Å². The van der Waals surface area contributed by atoms with Crippen molar-refractivity contribution in [1.29, 1.82) is 0 Å². The van der Waals surface area contributed by atoms with Gasteiger partial charge in [-0.05, 0) is 0 Å². The van der Waals surface area contributed by atoms with Gasteiger partial charge in [-0.3, -0.25) is 4.90 Å². The smallest absolute Gasteiger partial charge is 0.220 e. The molecule has 0 aromatic heterocycles. The highest BCUT2D eigenvalue weighted by Gasteiger charge is 2.07. The molecule has 10 heavy (non-hydrogen) atoms. The second-order valence-electron chi connectivity index (χ2n) is 1.78. The molecule has 0 saturated carbocycles. The van der Waals surface area contributed by atoms with Crippen LogP contribution in [0.5, 0.6) is 0 Å². The van der Waals surface area contributed by atoms with Crippen LogP contribution in [0.2, 0.25) is 0 Å². The maximum atomic E-state index is 5.42. The lowest BCUT2D eigenvalue weighted by Gasteiger charge is -2.18. The Morgan fingerprint density at radius 3 is 2.80 bits per heavy atom. The van der Waals surface area contributed by atoms with Crippen molar-refractivity contribution in [3.05, 3.63) is 12.8 Å². The van der Waals surface area contributed by atoms with Crippen LogP contribution in [0.15, 0.2) is 22.8 Å². The van der Waals surface area contributed by atoms with Crippen molar-refractivity contribution in [1.82, 2.24) is 4.90 Å². The van der Waals surface area contributed by atoms with Gasteiger partial charge in [0.25, 0.3) is 0 Å². The van der Waals surface area contributed by atoms with Crippen molar-refractivity contribution in [2.75, 3.05) is 6.67 Å². The van der Waals surface area contributed by atoms with Crippen LogP contribution in [0.25, 0.3) is 0 Å². The van der Waals surface area contributed by atoms with Gasteiger partial charge < -0.3 is 11.5 Å². The molecule has 0 bridgehead atoms. The molecule has 1 rings (SSSR count). The fourth-order valence-corrected chi connectivity index (χ4v) is 0.589. The molecule has 0 atom stereocenters. The number of aliphatic imine (C=N–C) groups is 2. The molecule has 1 aliphatic heterocycles. The van der Waals surface area contributed by atoms with E-state index < -0.39 is 0 Å². The zero-order valence-corrected chi connectivity index (χ0v) is 5.49. The molecule has 1 heterocycles. The molecule has 0 spiro atoms. The van der Waals surface area contributed by atoms with Crippen LogP contribution >= 0.6 is 0 Å². The zero-order valence-electron chi connectivity index (χ0n) is 5.49. The Morgan fingerprint density at radius 1 is 1.60 bits per heavy atom. The predicted molar refractivity (Wildman–Crippen MR) is 40.1 cm³/mol. The van der Waals surface area contributed by atoms with Gasteiger partial charge in [-0.15, -0.1) is 0 Å². The van der Waals surface area contributed by atoms with E-state index >= 15 is 0 Å². The molecule has 1 aliphatic rings. The third-order valence-corrected chi connectivity index (χ3v) is 1.13. The SMILES string of the molecule is C=CN1CN=C(N)N=C1N. The Labute approximate surface area is 58.7 Å². The molecule has 0 amide bonds. The van der Waals surface area contributed by atoms with Crippen molar-refractivity contribution < 1.29 is 0 Å². The van der Waals surface area contributed by atoms with Crippen LogP contribution in [-0.4, -0.2) is 23.5 Å². The van der Waals surface area contributed by atoms with Crippen molar-refractivity contribution in [2.24, 2.45) is 21.5 Å². The Bertz CT molecular complexity index is 204. The highest BCUT2D eigenvalue weighted by atomic mass is 15.3. The van der Waals surface area contributed by atoms with Crippen LogP contribution in [0.1, 0.15) is 0 Å². The number of nitrogens with zero attached hydrogens (tertiary/aromatic N) is 3. The van der Waals surface area contributed by atoms with Crippen LogP contribution in [0.4, 0.5) is 0 Å². The Morgan fingerprint density at radius 2 is 2.30 bits per heavy atom. The standard InChI is InChI=1S/C5H9N5/c1-2-10-3-8-4(6)9-5(10)7/h2H,1,3H2,(H4,6,7,8,9). The van der Waals surface area contributed by atoms with Crippen molar-refractivity contribution in [3.8, 4) is 0 Å². The highest BCUT2D eigenvalue weighted by Crippen LogP contribution is 1.94. The summed E-state index contributed by atoms with van der Waals surface area (Å²) in [7, 11) is 0. The summed E-state index contributed by atoms with van der Waals surface area (Å²) in [5, 5.41) is 0. The topological polar surface area (TPSA) is 80.0 Å². The minimum absolute atomic E-state index is 0.218. The van der Waals surface area contributed by atoms with Gasteiger partial charge in [0.15, 0.2) is 0 Å². The van der Waals surface area contributed by atoms with Crippen LogP contribution in [0, 0.1) is 0 Å². The zero-order chi connectivity index (χ0) is 7.56. The third-order valence-electron chi connectivity index (χ3n) is 1.13. The quantitative estimate of drug-likeness (QED) is 0.490. The number of hydrogen-bond donors (Lipinski definition) is 2. The highest BCUT2D eigenvalue weighted by molar-refractivity contribution is 5.95. The van der Waals surface area contributed by atoms with Crippen molar-refractivity contribution in [3.63, 3.8) is 0 Å². The number of guanidine groups is 2. The lowest BCUT2D eigenvalue weighted by molar-refractivity contribution is 0.561. The van der Waals surface area contributed by atoms with E-state index in [2.05, 4.69) is 16.6 Å². The van der Waals surface area contributed by atoms with Crippen LogP contribution in [0.3, 0.4) is 0 Å². The van der Waals surface area contributed by atoms with Gasteiger partial charge in [0, 0.05) is 6.20 Å². The molecule has 4 N–H and O–H groups in total. The molecular weight excluding hydrogens is 130 g/mol. The second-order valence-corrected chi connectivity index (χ2v) is 1.78. The third kappa shape index (κ3) is 1.07. The fourth-order valence-electron chi connectivity index (χ4n) is 0.589. The molecule has 0 radical (unpaired) electrons. The normalized spacial score (nSPS) is 17.8. The summed E-state index contributed by atoms with van der Waals surface area (Å²) in [4.78, 5) is 9.12. The lowest BCUT2D eigenvalue weighted by Crippen LogP contribution is -2.38. The van der Waals surface area contributed by atoms with E-state index in [4.69, 9.17) is 11.5 Å². The molecular formula is C5H9N5. The summed E-state index contributed by atoms with van der Waals surface area (Å²) in [6, 6.07) is 0. The minimum atomic E-state index is 0.218. The van der Waals surface area contributed by atoms with Gasteiger partial charge >= 0.3 is 0 Å². The average Bonchev–Trinajstić information content (AvgIpc) is 1.88. The molecule has 0 aliphatic carbocycles. The molecule has 5 heteroatoms. The molecule has 0 saturated heterocycles. The second kappa shape index (κ2) is 2.38. The molecule has 54 valence electrons. The molecule has 0 unspecified atom stereocenters. The van der Waals surface area contributed by atoms with Crippen molar-refractivity contribution >= 4 is 11.9 Å². The van der Waals surface area contributed by atoms with Gasteiger partial charge in [-0.2, -0.15) is 4.99 Å². The van der Waals surface area contributed by atoms with E-state index in [0.717, 1.165) is 0 Å². The predicted octanol–water partition coefficient (Wildman–Crippen LogP) is -0.968. The Balaban J connectivity index is 2.77. The summed E-state index contributed by atoms with van der Waals surface area (Å²) >= 11 is 0. The van der Waals surface area contributed by atoms with E-state index in [1.807, 2.05) is 0 Å². The first-order chi connectivity index (χ1) is 4.74. The monoisotopic (exact) mass is 139 g/mol. The fraction of sp³-hybridized carbons (Fsp3) is 0.200. The largest absolute Gasteiger partial charge is 0.369 e. The Hall–Kier alpha value is -1.52. The lowest BCUT2D eigenvalue weighted by atomic mass is 10.6. The van der Waals surface area contributed by atoms with Gasteiger partial charge in [0.1, 0.15) is 6.67 Å². The minimum Gasteiger partial charge on any atom is -0.369 e. The first kappa shape index (κ1) is 6.60. The average molecular weight is 139 g/mol. The van der Waals surface area contributed by atoms with Gasteiger partial charge in [0.2, 0.25) is 11.9 Å². The van der Waals surface area contributed by atoms with E-state index in [1.165, 1.54) is 0 Å². The maximum absolute atomic E-state index is 5.42. The molecule has 5 nitrogen and oxygen atoms in total. The van der Waals surface area contributed by atoms with Gasteiger partial charge in [-0.25, -0.2) is 4.99 Å². The van der Waals surface area contributed by atoms with Crippen LogP contribution < -0.4 is 11.5 Å². The maximum Gasteiger partial charge on any atom is 0.220 e. The molecule has 0 aromatic carbocycles. The summed E-state index contributed by atoms with van der Waals surface area (Å²) in [5.41, 5.74) is 10.7. The van der Waals surface area contributed by atoms with Gasteiger partial charge in [0.05, 0.1) is 0 Å².